The molecule has 1 heterocycles. The Kier molecular flexibility index (Phi) is 6.34. The average molecular weight is 433 g/mol. The number of thiophene rings is 1. The van der Waals surface area contributed by atoms with Gasteiger partial charge in [-0.1, -0.05) is 19.9 Å². The third kappa shape index (κ3) is 5.21. The molecule has 2 aromatic carbocycles. The number of halogens is 1. The minimum atomic E-state index is -3.84. The summed E-state index contributed by atoms with van der Waals surface area (Å²) in [5, 5.41) is 4.97. The molecule has 2 N–H and O–H groups in total. The molecule has 0 aliphatic carbocycles. The van der Waals surface area contributed by atoms with Crippen LogP contribution in [0.3, 0.4) is 0 Å². The number of sulfonamides is 1. The van der Waals surface area contributed by atoms with Crippen molar-refractivity contribution >= 4 is 33.0 Å². The summed E-state index contributed by atoms with van der Waals surface area (Å²) in [5.74, 6) is -0.518. The Morgan fingerprint density at radius 1 is 1.00 bits per heavy atom. The molecule has 0 fully saturated rings. The summed E-state index contributed by atoms with van der Waals surface area (Å²) in [6, 6.07) is 14.5. The van der Waals surface area contributed by atoms with Gasteiger partial charge < -0.3 is 5.32 Å². The Balaban J connectivity index is 1.73. The van der Waals surface area contributed by atoms with Gasteiger partial charge in [-0.15, -0.1) is 11.3 Å². The van der Waals surface area contributed by atoms with Crippen molar-refractivity contribution in [3.05, 3.63) is 82.3 Å². The highest BCUT2D eigenvalue weighted by Gasteiger charge is 2.21. The van der Waals surface area contributed by atoms with Crippen LogP contribution in [0.15, 0.2) is 70.9 Å². The number of rotatable bonds is 7. The van der Waals surface area contributed by atoms with E-state index >= 15 is 0 Å². The van der Waals surface area contributed by atoms with Crippen molar-refractivity contribution < 1.29 is 17.6 Å². The fraction of sp³-hybridized carbons (Fsp3) is 0.190. The van der Waals surface area contributed by atoms with E-state index in [9.17, 15) is 17.6 Å². The quantitative estimate of drug-likeness (QED) is 0.562. The number of carbonyl (C=O) groups is 1. The van der Waals surface area contributed by atoms with Crippen molar-refractivity contribution in [2.75, 3.05) is 4.72 Å². The van der Waals surface area contributed by atoms with Crippen molar-refractivity contribution in [3.63, 3.8) is 0 Å². The number of benzene rings is 2. The zero-order valence-corrected chi connectivity index (χ0v) is 17.6. The highest BCUT2D eigenvalue weighted by molar-refractivity contribution is 7.92. The smallest absolute Gasteiger partial charge is 0.261 e. The first-order valence-electron chi connectivity index (χ1n) is 8.99. The Labute approximate surface area is 173 Å². The lowest BCUT2D eigenvalue weighted by molar-refractivity contribution is 0.0926. The van der Waals surface area contributed by atoms with Crippen molar-refractivity contribution in [1.29, 1.82) is 0 Å². The molecule has 1 amide bonds. The lowest BCUT2D eigenvalue weighted by Gasteiger charge is -2.21. The van der Waals surface area contributed by atoms with E-state index in [1.807, 2.05) is 31.4 Å². The van der Waals surface area contributed by atoms with Gasteiger partial charge in [0.2, 0.25) is 0 Å². The van der Waals surface area contributed by atoms with Gasteiger partial charge in [-0.3, -0.25) is 9.52 Å². The predicted molar refractivity (Wildman–Crippen MR) is 113 cm³/mol. The molecule has 1 atom stereocenters. The van der Waals surface area contributed by atoms with Crippen LogP contribution < -0.4 is 10.0 Å². The van der Waals surface area contributed by atoms with Crippen LogP contribution in [0, 0.1) is 11.7 Å². The van der Waals surface area contributed by atoms with Gasteiger partial charge in [0.05, 0.1) is 10.9 Å². The van der Waals surface area contributed by atoms with Crippen LogP contribution in [0.1, 0.15) is 35.1 Å². The molecule has 1 aromatic heterocycles. The van der Waals surface area contributed by atoms with Crippen molar-refractivity contribution in [3.8, 4) is 0 Å². The van der Waals surface area contributed by atoms with E-state index in [0.717, 1.165) is 4.88 Å². The van der Waals surface area contributed by atoms with Gasteiger partial charge in [0, 0.05) is 16.1 Å². The van der Waals surface area contributed by atoms with Gasteiger partial charge >= 0.3 is 0 Å². The number of hydrogen-bond acceptors (Lipinski definition) is 4. The number of amides is 1. The van der Waals surface area contributed by atoms with Crippen LogP contribution in [0.5, 0.6) is 0 Å². The Hall–Kier alpha value is -2.71. The van der Waals surface area contributed by atoms with E-state index in [1.165, 1.54) is 48.5 Å². The highest BCUT2D eigenvalue weighted by Crippen LogP contribution is 2.26. The maximum absolute atomic E-state index is 13.0. The van der Waals surface area contributed by atoms with Crippen LogP contribution in [0.25, 0.3) is 0 Å². The normalized spacial score (nSPS) is 12.6. The first kappa shape index (κ1) is 21.0. The van der Waals surface area contributed by atoms with Crippen molar-refractivity contribution in [2.45, 2.75) is 24.8 Å². The molecule has 0 aliphatic heterocycles. The lowest BCUT2D eigenvalue weighted by Crippen LogP contribution is -2.31. The molecule has 29 heavy (non-hydrogen) atoms. The highest BCUT2D eigenvalue weighted by atomic mass is 32.2. The summed E-state index contributed by atoms with van der Waals surface area (Å²) in [6.07, 6.45) is 0. The predicted octanol–water partition coefficient (Wildman–Crippen LogP) is 4.82. The fourth-order valence-corrected chi connectivity index (χ4v) is 4.78. The standard InChI is InChI=1S/C21H21FN2O3S2/c1-14(2)20(19-4-3-13-28-19)23-21(25)15-5-11-18(12-6-15)29(26,27)24-17-9-7-16(22)8-10-17/h3-14,20,24H,1-2H3,(H,23,25). The van der Waals surface area contributed by atoms with Crippen LogP contribution in [0.4, 0.5) is 10.1 Å². The maximum Gasteiger partial charge on any atom is 0.261 e. The molecule has 0 aliphatic rings. The largest absolute Gasteiger partial charge is 0.344 e. The van der Waals surface area contributed by atoms with E-state index < -0.39 is 15.8 Å². The van der Waals surface area contributed by atoms with Gasteiger partial charge in [-0.25, -0.2) is 12.8 Å². The van der Waals surface area contributed by atoms with Crippen molar-refractivity contribution in [1.82, 2.24) is 5.32 Å². The maximum atomic E-state index is 13.0. The van der Waals surface area contributed by atoms with Gasteiger partial charge in [-0.2, -0.15) is 0 Å². The third-order valence-electron chi connectivity index (χ3n) is 4.33. The molecule has 152 valence electrons. The molecule has 5 nitrogen and oxygen atoms in total. The summed E-state index contributed by atoms with van der Waals surface area (Å²) in [5.41, 5.74) is 0.622. The van der Waals surface area contributed by atoms with Crippen LogP contribution in [-0.4, -0.2) is 14.3 Å². The molecule has 3 aromatic rings. The van der Waals surface area contributed by atoms with Gasteiger partial charge in [0.25, 0.3) is 15.9 Å². The number of nitrogens with one attached hydrogen (secondary N) is 2. The zero-order valence-electron chi connectivity index (χ0n) is 15.9. The molecule has 0 bridgehead atoms. The Morgan fingerprint density at radius 3 is 2.21 bits per heavy atom. The van der Waals surface area contributed by atoms with E-state index in [2.05, 4.69) is 10.0 Å². The van der Waals surface area contributed by atoms with Crippen LogP contribution in [-0.2, 0) is 10.0 Å². The second kappa shape index (κ2) is 8.75. The summed E-state index contributed by atoms with van der Waals surface area (Å²) in [4.78, 5) is 13.7. The first-order valence-corrected chi connectivity index (χ1v) is 11.4. The average Bonchev–Trinajstić information content (AvgIpc) is 3.22. The third-order valence-corrected chi connectivity index (χ3v) is 6.68. The molecular formula is C21H21FN2O3S2. The van der Waals surface area contributed by atoms with Gasteiger partial charge in [0.1, 0.15) is 5.82 Å². The second-order valence-electron chi connectivity index (χ2n) is 6.85. The SMILES string of the molecule is CC(C)C(NC(=O)c1ccc(S(=O)(=O)Nc2ccc(F)cc2)cc1)c1cccs1. The Morgan fingerprint density at radius 2 is 1.66 bits per heavy atom. The lowest BCUT2D eigenvalue weighted by atomic mass is 10.0. The van der Waals surface area contributed by atoms with Crippen molar-refractivity contribution in [2.24, 2.45) is 5.92 Å². The monoisotopic (exact) mass is 432 g/mol. The summed E-state index contributed by atoms with van der Waals surface area (Å²) >= 11 is 1.58. The number of anilines is 1. The molecule has 0 spiro atoms. The molecule has 1 unspecified atom stereocenters. The molecule has 0 saturated carbocycles. The van der Waals surface area contributed by atoms with Gasteiger partial charge in [0.15, 0.2) is 0 Å². The minimum absolute atomic E-state index is 0.0111. The minimum Gasteiger partial charge on any atom is -0.344 e. The number of hydrogen-bond donors (Lipinski definition) is 2. The van der Waals surface area contributed by atoms with E-state index in [1.54, 1.807) is 11.3 Å². The summed E-state index contributed by atoms with van der Waals surface area (Å²) in [6.45, 7) is 4.06. The molecule has 8 heteroatoms. The topological polar surface area (TPSA) is 75.3 Å². The fourth-order valence-electron chi connectivity index (χ4n) is 2.78. The molecular weight excluding hydrogens is 411 g/mol. The first-order chi connectivity index (χ1) is 13.8. The molecule has 0 saturated heterocycles. The summed E-state index contributed by atoms with van der Waals surface area (Å²) < 4.78 is 40.3. The zero-order chi connectivity index (χ0) is 21.0. The molecule has 3 rings (SSSR count). The number of carbonyl (C=O) groups excluding carboxylic acids is 1. The van der Waals surface area contributed by atoms with E-state index in [-0.39, 0.29) is 28.4 Å². The van der Waals surface area contributed by atoms with Crippen LogP contribution >= 0.6 is 11.3 Å². The van der Waals surface area contributed by atoms with E-state index in [4.69, 9.17) is 0 Å². The summed E-state index contributed by atoms with van der Waals surface area (Å²) in [7, 11) is -3.84. The second-order valence-corrected chi connectivity index (χ2v) is 9.51. The molecule has 0 radical (unpaired) electrons. The van der Waals surface area contributed by atoms with E-state index in [0.29, 0.717) is 5.56 Å². The Bertz CT molecular complexity index is 1060. The van der Waals surface area contributed by atoms with Gasteiger partial charge in [-0.05, 0) is 65.9 Å². The van der Waals surface area contributed by atoms with Crippen LogP contribution in [0.2, 0.25) is 0 Å².